The van der Waals surface area contributed by atoms with Gasteiger partial charge in [0, 0.05) is 37.6 Å². The lowest BCUT2D eigenvalue weighted by atomic mass is 10.0. The van der Waals surface area contributed by atoms with Crippen molar-refractivity contribution < 1.29 is 13.2 Å². The zero-order valence-corrected chi connectivity index (χ0v) is 15.6. The molecule has 1 unspecified atom stereocenters. The molecule has 7 heteroatoms. The maximum absolute atomic E-state index is 12.7. The summed E-state index contributed by atoms with van der Waals surface area (Å²) in [6.07, 6.45) is 5.31. The van der Waals surface area contributed by atoms with Crippen LogP contribution >= 0.6 is 0 Å². The van der Waals surface area contributed by atoms with Crippen LogP contribution in [0.3, 0.4) is 0 Å². The van der Waals surface area contributed by atoms with Crippen LogP contribution in [0.15, 0.2) is 53.7 Å². The molecule has 1 N–H and O–H groups in total. The highest BCUT2D eigenvalue weighted by Gasteiger charge is 2.28. The van der Waals surface area contributed by atoms with E-state index in [1.807, 2.05) is 12.1 Å². The molecule has 1 aromatic carbocycles. The molecule has 1 aromatic heterocycles. The van der Waals surface area contributed by atoms with Gasteiger partial charge in [-0.3, -0.25) is 9.78 Å². The lowest BCUT2D eigenvalue weighted by Gasteiger charge is -2.30. The van der Waals surface area contributed by atoms with Crippen LogP contribution < -0.4 is 5.32 Å². The number of amides is 1. The fraction of sp³-hybridized carbons (Fsp3) is 0.368. The van der Waals surface area contributed by atoms with E-state index in [9.17, 15) is 13.2 Å². The van der Waals surface area contributed by atoms with Gasteiger partial charge in [0.05, 0.1) is 4.90 Å². The van der Waals surface area contributed by atoms with Crippen LogP contribution in [0.2, 0.25) is 0 Å². The Balaban J connectivity index is 1.66. The van der Waals surface area contributed by atoms with Crippen molar-refractivity contribution in [2.75, 3.05) is 13.1 Å². The zero-order chi connectivity index (χ0) is 18.6. The summed E-state index contributed by atoms with van der Waals surface area (Å²) >= 11 is 0. The molecule has 3 rings (SSSR count). The number of aromatic nitrogens is 1. The Bertz CT molecular complexity index is 851. The molecule has 0 aliphatic carbocycles. The molecule has 1 atom stereocenters. The Morgan fingerprint density at radius 2 is 2.04 bits per heavy atom. The quantitative estimate of drug-likeness (QED) is 0.873. The van der Waals surface area contributed by atoms with Crippen LogP contribution in [0.1, 0.15) is 35.7 Å². The Labute approximate surface area is 154 Å². The summed E-state index contributed by atoms with van der Waals surface area (Å²) in [4.78, 5) is 16.5. The first-order valence-corrected chi connectivity index (χ1v) is 10.2. The highest BCUT2D eigenvalue weighted by atomic mass is 32.2. The molecule has 1 amide bonds. The van der Waals surface area contributed by atoms with Gasteiger partial charge in [-0.2, -0.15) is 4.31 Å². The van der Waals surface area contributed by atoms with Crippen molar-refractivity contribution in [3.05, 3.63) is 59.9 Å². The van der Waals surface area contributed by atoms with E-state index < -0.39 is 10.0 Å². The minimum absolute atomic E-state index is 0.232. The predicted octanol–water partition coefficient (Wildman–Crippen LogP) is 2.43. The van der Waals surface area contributed by atoms with Crippen molar-refractivity contribution >= 4 is 15.9 Å². The first kappa shape index (κ1) is 18.5. The van der Waals surface area contributed by atoms with Crippen molar-refractivity contribution in [2.24, 2.45) is 5.92 Å². The summed E-state index contributed by atoms with van der Waals surface area (Å²) < 4.78 is 27.0. The summed E-state index contributed by atoms with van der Waals surface area (Å²) in [5.74, 6) is 0.125. The van der Waals surface area contributed by atoms with E-state index in [4.69, 9.17) is 0 Å². The van der Waals surface area contributed by atoms with Gasteiger partial charge in [-0.1, -0.05) is 13.0 Å². The van der Waals surface area contributed by atoms with Crippen LogP contribution in [0.5, 0.6) is 0 Å². The number of piperidine rings is 1. The number of pyridine rings is 1. The lowest BCUT2D eigenvalue weighted by molar-refractivity contribution is 0.0951. The molecule has 2 heterocycles. The number of hydrogen-bond acceptors (Lipinski definition) is 4. The molecule has 2 aromatic rings. The first-order valence-electron chi connectivity index (χ1n) is 8.74. The molecule has 26 heavy (non-hydrogen) atoms. The third-order valence-corrected chi connectivity index (χ3v) is 6.43. The van der Waals surface area contributed by atoms with Crippen LogP contribution in [0.25, 0.3) is 0 Å². The number of carbonyl (C=O) groups is 1. The number of carbonyl (C=O) groups excluding carboxylic acids is 1. The Kier molecular flexibility index (Phi) is 5.68. The number of sulfonamides is 1. The molecular weight excluding hydrogens is 350 g/mol. The van der Waals surface area contributed by atoms with Crippen LogP contribution in [-0.2, 0) is 16.6 Å². The second-order valence-corrected chi connectivity index (χ2v) is 8.62. The molecular formula is C19H23N3O3S. The van der Waals surface area contributed by atoms with Gasteiger partial charge in [0.1, 0.15) is 0 Å². The minimum Gasteiger partial charge on any atom is -0.348 e. The van der Waals surface area contributed by atoms with E-state index in [2.05, 4.69) is 17.2 Å². The van der Waals surface area contributed by atoms with Crippen molar-refractivity contribution in [1.29, 1.82) is 0 Å². The van der Waals surface area contributed by atoms with E-state index in [0.717, 1.165) is 18.4 Å². The second-order valence-electron chi connectivity index (χ2n) is 6.68. The molecule has 138 valence electrons. The van der Waals surface area contributed by atoms with Crippen molar-refractivity contribution in [3.63, 3.8) is 0 Å². The van der Waals surface area contributed by atoms with E-state index in [-0.39, 0.29) is 10.8 Å². The van der Waals surface area contributed by atoms with Crippen LogP contribution in [0.4, 0.5) is 0 Å². The normalized spacial score (nSPS) is 18.4. The standard InChI is InChI=1S/C19H23N3O3S/c1-15-4-3-11-22(14-15)26(24,25)18-8-6-17(7-9-18)19(23)21-13-16-5-2-10-20-12-16/h2,5-10,12,15H,3-4,11,13-14H2,1H3,(H,21,23). The second kappa shape index (κ2) is 7.97. The molecule has 1 aliphatic rings. The van der Waals surface area contributed by atoms with Gasteiger partial charge in [0.25, 0.3) is 5.91 Å². The molecule has 0 bridgehead atoms. The van der Waals surface area contributed by atoms with Gasteiger partial charge in [-0.15, -0.1) is 0 Å². The molecule has 1 aliphatic heterocycles. The Morgan fingerprint density at radius 3 is 2.69 bits per heavy atom. The summed E-state index contributed by atoms with van der Waals surface area (Å²) in [5.41, 5.74) is 1.33. The average molecular weight is 373 g/mol. The van der Waals surface area contributed by atoms with E-state index in [1.54, 1.807) is 28.8 Å². The number of nitrogens with zero attached hydrogens (tertiary/aromatic N) is 2. The van der Waals surface area contributed by atoms with Gasteiger partial charge in [0.2, 0.25) is 10.0 Å². The summed E-state index contributed by atoms with van der Waals surface area (Å²) in [6.45, 7) is 3.55. The van der Waals surface area contributed by atoms with Gasteiger partial charge < -0.3 is 5.32 Å². The molecule has 6 nitrogen and oxygen atoms in total. The van der Waals surface area contributed by atoms with E-state index >= 15 is 0 Å². The van der Waals surface area contributed by atoms with Crippen LogP contribution in [-0.4, -0.2) is 36.7 Å². The highest BCUT2D eigenvalue weighted by molar-refractivity contribution is 7.89. The summed E-state index contributed by atoms with van der Waals surface area (Å²) in [5, 5.41) is 2.80. The van der Waals surface area contributed by atoms with E-state index in [0.29, 0.717) is 31.1 Å². The SMILES string of the molecule is CC1CCCN(S(=O)(=O)c2ccc(C(=O)NCc3cccnc3)cc2)C1. The summed E-state index contributed by atoms with van der Waals surface area (Å²) in [6, 6.07) is 9.81. The third kappa shape index (κ3) is 4.28. The first-order chi connectivity index (χ1) is 12.5. The Morgan fingerprint density at radius 1 is 1.27 bits per heavy atom. The molecule has 0 spiro atoms. The molecule has 1 saturated heterocycles. The number of rotatable bonds is 5. The van der Waals surface area contributed by atoms with Gasteiger partial charge in [-0.05, 0) is 54.7 Å². The molecule has 0 radical (unpaired) electrons. The predicted molar refractivity (Wildman–Crippen MR) is 99.0 cm³/mol. The minimum atomic E-state index is -3.50. The number of nitrogens with one attached hydrogen (secondary N) is 1. The maximum atomic E-state index is 12.7. The topological polar surface area (TPSA) is 79.4 Å². The summed E-state index contributed by atoms with van der Waals surface area (Å²) in [7, 11) is -3.50. The fourth-order valence-corrected chi connectivity index (χ4v) is 4.68. The lowest BCUT2D eigenvalue weighted by Crippen LogP contribution is -2.39. The zero-order valence-electron chi connectivity index (χ0n) is 14.8. The van der Waals surface area contributed by atoms with E-state index in [1.165, 1.54) is 12.1 Å². The monoisotopic (exact) mass is 373 g/mol. The number of hydrogen-bond donors (Lipinski definition) is 1. The van der Waals surface area contributed by atoms with Gasteiger partial charge in [0.15, 0.2) is 0 Å². The largest absolute Gasteiger partial charge is 0.348 e. The van der Waals surface area contributed by atoms with Crippen molar-refractivity contribution in [2.45, 2.75) is 31.2 Å². The molecule has 1 fully saturated rings. The molecule has 0 saturated carbocycles. The highest BCUT2D eigenvalue weighted by Crippen LogP contribution is 2.23. The van der Waals surface area contributed by atoms with Crippen LogP contribution in [0, 0.1) is 5.92 Å². The number of benzene rings is 1. The average Bonchev–Trinajstić information content (AvgIpc) is 2.67. The van der Waals surface area contributed by atoms with Gasteiger partial charge >= 0.3 is 0 Å². The maximum Gasteiger partial charge on any atom is 0.251 e. The Hall–Kier alpha value is -2.25. The van der Waals surface area contributed by atoms with Crippen molar-refractivity contribution in [3.8, 4) is 0 Å². The fourth-order valence-electron chi connectivity index (χ4n) is 3.08. The van der Waals surface area contributed by atoms with Crippen molar-refractivity contribution in [1.82, 2.24) is 14.6 Å². The smallest absolute Gasteiger partial charge is 0.251 e. The van der Waals surface area contributed by atoms with Gasteiger partial charge in [-0.25, -0.2) is 8.42 Å². The third-order valence-electron chi connectivity index (χ3n) is 4.55.